The average Bonchev–Trinajstić information content (AvgIpc) is 3.03. The van der Waals surface area contributed by atoms with E-state index in [1.165, 1.54) is 0 Å². The zero-order valence-electron chi connectivity index (χ0n) is 30.7. The van der Waals surface area contributed by atoms with Crippen LogP contribution in [0, 0.1) is 0 Å². The van der Waals surface area contributed by atoms with Crippen LogP contribution >= 0.6 is 0 Å². The van der Waals surface area contributed by atoms with Gasteiger partial charge in [-0.1, -0.05) is 24.3 Å². The predicted octanol–water partition coefficient (Wildman–Crippen LogP) is 8.24. The molecule has 2 unspecified atom stereocenters. The summed E-state index contributed by atoms with van der Waals surface area (Å²) in [6.45, 7) is 12.7. The van der Waals surface area contributed by atoms with Crippen LogP contribution in [0.1, 0.15) is 84.0 Å². The molecule has 3 amide bonds. The topological polar surface area (TPSA) is 153 Å². The normalized spacial score (nSPS) is 12.9. The van der Waals surface area contributed by atoms with Crippen molar-refractivity contribution < 1.29 is 28.1 Å². The van der Waals surface area contributed by atoms with Gasteiger partial charge in [-0.2, -0.15) is 4.90 Å². The van der Waals surface area contributed by atoms with E-state index in [9.17, 15) is 18.6 Å². The van der Waals surface area contributed by atoms with Crippen molar-refractivity contribution in [2.24, 2.45) is 5.73 Å². The van der Waals surface area contributed by atoms with Crippen molar-refractivity contribution in [3.8, 4) is 0 Å². The number of aryl methyl sites for hydroxylation is 1. The number of carbonyl (C=O) groups excluding carboxylic acids is 3. The molecule has 0 bridgehead atoms. The molecule has 272 valence electrons. The standard InChI is InChI=1S/C39H49N5O6S/c1-25(27-14-12-26(13-15-27)10-9-11-34(45)43-31-17-19-33(51(8)48)29(23-31)24-40)42-30-16-18-32-28(22-30)20-21-41-35(32)44(36(46)49-38(2,3)4)37(47)50-39(5,6)7/h12-23,25,42H,9-11,24,40H2,1-8H3,(H,43,45). The molecule has 0 aliphatic heterocycles. The number of imide groups is 1. The van der Waals surface area contributed by atoms with Gasteiger partial charge in [0.05, 0.1) is 10.8 Å². The number of amides is 3. The van der Waals surface area contributed by atoms with Gasteiger partial charge in [-0.05, 0) is 126 Å². The Morgan fingerprint density at radius 2 is 1.51 bits per heavy atom. The fourth-order valence-corrected chi connectivity index (χ4v) is 6.14. The van der Waals surface area contributed by atoms with Gasteiger partial charge in [-0.25, -0.2) is 14.6 Å². The molecule has 0 radical (unpaired) electrons. The Morgan fingerprint density at radius 1 is 0.882 bits per heavy atom. The van der Waals surface area contributed by atoms with E-state index >= 15 is 0 Å². The minimum absolute atomic E-state index is 0.0291. The zero-order valence-corrected chi connectivity index (χ0v) is 31.5. The lowest BCUT2D eigenvalue weighted by atomic mass is 10.0. The van der Waals surface area contributed by atoms with E-state index in [0.717, 1.165) is 39.1 Å². The highest BCUT2D eigenvalue weighted by molar-refractivity contribution is 7.84. The molecule has 11 nitrogen and oxygen atoms in total. The molecular formula is C39H49N5O6S. The maximum Gasteiger partial charge on any atom is 0.425 e. The van der Waals surface area contributed by atoms with Gasteiger partial charge in [0.2, 0.25) is 5.91 Å². The molecule has 51 heavy (non-hydrogen) atoms. The highest BCUT2D eigenvalue weighted by Crippen LogP contribution is 2.31. The fraction of sp³-hybridized carbons (Fsp3) is 0.385. The van der Waals surface area contributed by atoms with Crippen LogP contribution in [0.15, 0.2) is 77.8 Å². The monoisotopic (exact) mass is 715 g/mol. The van der Waals surface area contributed by atoms with Crippen LogP contribution in [0.2, 0.25) is 0 Å². The van der Waals surface area contributed by atoms with Crippen molar-refractivity contribution in [2.75, 3.05) is 21.8 Å². The molecule has 2 atom stereocenters. The van der Waals surface area contributed by atoms with Gasteiger partial charge in [0.1, 0.15) is 11.2 Å². The Balaban J connectivity index is 1.39. The maximum absolute atomic E-state index is 13.2. The number of aromatic nitrogens is 1. The summed E-state index contributed by atoms with van der Waals surface area (Å²) in [5.41, 5.74) is 8.58. The average molecular weight is 716 g/mol. The molecule has 4 rings (SSSR count). The maximum atomic E-state index is 13.2. The van der Waals surface area contributed by atoms with Crippen LogP contribution < -0.4 is 21.3 Å². The first-order valence-corrected chi connectivity index (χ1v) is 18.5. The van der Waals surface area contributed by atoms with Gasteiger partial charge < -0.3 is 25.8 Å². The van der Waals surface area contributed by atoms with Crippen molar-refractivity contribution in [3.63, 3.8) is 0 Å². The van der Waals surface area contributed by atoms with Crippen LogP contribution in [0.5, 0.6) is 0 Å². The van der Waals surface area contributed by atoms with Crippen molar-refractivity contribution in [3.05, 3.63) is 89.6 Å². The van der Waals surface area contributed by atoms with Crippen LogP contribution in [-0.4, -0.2) is 44.7 Å². The van der Waals surface area contributed by atoms with Gasteiger partial charge in [0, 0.05) is 53.1 Å². The van der Waals surface area contributed by atoms with Crippen LogP contribution in [0.4, 0.5) is 26.8 Å². The molecule has 12 heteroatoms. The molecule has 0 saturated heterocycles. The molecule has 3 aromatic carbocycles. The Labute approximate surface area is 302 Å². The molecule has 0 spiro atoms. The van der Waals surface area contributed by atoms with Crippen molar-refractivity contribution in [2.45, 2.75) is 96.4 Å². The van der Waals surface area contributed by atoms with Gasteiger partial charge in [0.15, 0.2) is 5.82 Å². The summed E-state index contributed by atoms with van der Waals surface area (Å²) >= 11 is 0. The predicted molar refractivity (Wildman–Crippen MR) is 203 cm³/mol. The van der Waals surface area contributed by atoms with E-state index in [-0.39, 0.29) is 24.3 Å². The number of hydrogen-bond acceptors (Lipinski definition) is 9. The van der Waals surface area contributed by atoms with Gasteiger partial charge >= 0.3 is 12.2 Å². The number of carbonyl (C=O) groups is 3. The summed E-state index contributed by atoms with van der Waals surface area (Å²) in [4.78, 5) is 45.0. The van der Waals surface area contributed by atoms with Crippen molar-refractivity contribution in [1.82, 2.24) is 4.98 Å². The first kappa shape index (κ1) is 39.0. The van der Waals surface area contributed by atoms with E-state index in [1.54, 1.807) is 72.2 Å². The summed E-state index contributed by atoms with van der Waals surface area (Å²) in [5, 5.41) is 7.79. The Kier molecular flexibility index (Phi) is 12.6. The molecular weight excluding hydrogens is 667 g/mol. The van der Waals surface area contributed by atoms with E-state index in [0.29, 0.717) is 28.8 Å². The first-order chi connectivity index (χ1) is 23.9. The number of hydrogen-bond donors (Lipinski definition) is 3. The second kappa shape index (κ2) is 16.5. The van der Waals surface area contributed by atoms with Crippen LogP contribution in [0.25, 0.3) is 10.8 Å². The third-order valence-corrected chi connectivity index (χ3v) is 8.73. The number of nitrogens with zero attached hydrogens (tertiary/aromatic N) is 2. The number of ether oxygens (including phenoxy) is 2. The molecule has 4 N–H and O–H groups in total. The van der Waals surface area contributed by atoms with E-state index < -0.39 is 34.2 Å². The summed E-state index contributed by atoms with van der Waals surface area (Å²) in [6, 6.07) is 21.0. The second-order valence-electron chi connectivity index (χ2n) is 14.4. The van der Waals surface area contributed by atoms with E-state index in [4.69, 9.17) is 15.2 Å². The number of nitrogens with one attached hydrogen (secondary N) is 2. The van der Waals surface area contributed by atoms with Crippen molar-refractivity contribution in [1.29, 1.82) is 0 Å². The van der Waals surface area contributed by atoms with Crippen LogP contribution in [-0.2, 0) is 38.0 Å². The summed E-state index contributed by atoms with van der Waals surface area (Å²) < 4.78 is 23.0. The third kappa shape index (κ3) is 11.1. The molecule has 0 aliphatic rings. The Bertz CT molecular complexity index is 1870. The Morgan fingerprint density at radius 3 is 2.10 bits per heavy atom. The largest absolute Gasteiger partial charge is 0.443 e. The number of benzene rings is 3. The minimum atomic E-state index is -1.14. The lowest BCUT2D eigenvalue weighted by Gasteiger charge is -2.28. The number of nitrogens with two attached hydrogens (primary N) is 1. The van der Waals surface area contributed by atoms with Crippen molar-refractivity contribution >= 4 is 56.9 Å². The van der Waals surface area contributed by atoms with Gasteiger partial charge in [-0.15, -0.1) is 0 Å². The highest BCUT2D eigenvalue weighted by atomic mass is 32.2. The quantitative estimate of drug-likeness (QED) is 0.139. The SMILES string of the molecule is CC(Nc1ccc2c(N(C(=O)OC(C)(C)C)C(=O)OC(C)(C)C)nccc2c1)c1ccc(CCCC(=O)Nc2ccc(S(C)=O)c(CN)c2)cc1. The number of anilines is 3. The molecule has 1 aromatic heterocycles. The Hall–Kier alpha value is -4.81. The lowest BCUT2D eigenvalue weighted by molar-refractivity contribution is -0.116. The van der Waals surface area contributed by atoms with E-state index in [1.807, 2.05) is 24.3 Å². The summed E-state index contributed by atoms with van der Waals surface area (Å²) in [7, 11) is -1.14. The number of rotatable bonds is 11. The fourth-order valence-electron chi connectivity index (χ4n) is 5.37. The van der Waals surface area contributed by atoms with Gasteiger partial charge in [-0.3, -0.25) is 9.00 Å². The number of fused-ring (bicyclic) bond motifs is 1. The van der Waals surface area contributed by atoms with Gasteiger partial charge in [0.25, 0.3) is 0 Å². The smallest absolute Gasteiger partial charge is 0.425 e. The molecule has 0 aliphatic carbocycles. The zero-order chi connectivity index (χ0) is 37.5. The highest BCUT2D eigenvalue weighted by Gasteiger charge is 2.34. The third-order valence-electron chi connectivity index (χ3n) is 7.71. The molecule has 1 heterocycles. The number of pyridine rings is 1. The first-order valence-electron chi connectivity index (χ1n) is 16.9. The molecule has 4 aromatic rings. The summed E-state index contributed by atoms with van der Waals surface area (Å²) in [5.74, 6) is 0.0345. The second-order valence-corrected chi connectivity index (χ2v) is 15.7. The lowest BCUT2D eigenvalue weighted by Crippen LogP contribution is -2.44. The molecule has 0 saturated carbocycles. The minimum Gasteiger partial charge on any atom is -0.443 e. The van der Waals surface area contributed by atoms with E-state index in [2.05, 4.69) is 46.8 Å². The molecule has 0 fully saturated rings. The summed E-state index contributed by atoms with van der Waals surface area (Å²) in [6.07, 6.45) is 3.20. The van der Waals surface area contributed by atoms with Crippen LogP contribution in [0.3, 0.4) is 0 Å².